The van der Waals surface area contributed by atoms with Gasteiger partial charge in [0.25, 0.3) is 0 Å². The van der Waals surface area contributed by atoms with Gasteiger partial charge in [0.2, 0.25) is 5.91 Å². The number of likely N-dealkylation sites (N-methyl/N-ethyl adjacent to an activating group) is 1. The zero-order valence-electron chi connectivity index (χ0n) is 13.0. The van der Waals surface area contributed by atoms with Gasteiger partial charge in [-0.1, -0.05) is 18.2 Å². The summed E-state index contributed by atoms with van der Waals surface area (Å²) in [5.41, 5.74) is 0.215. The molecule has 1 aromatic carbocycles. The van der Waals surface area contributed by atoms with Crippen molar-refractivity contribution in [2.24, 2.45) is 5.41 Å². The van der Waals surface area contributed by atoms with E-state index in [1.807, 2.05) is 6.07 Å². The highest BCUT2D eigenvalue weighted by molar-refractivity contribution is 5.85. The van der Waals surface area contributed by atoms with Gasteiger partial charge in [-0.25, -0.2) is 4.39 Å². The molecule has 1 unspecified atom stereocenters. The highest BCUT2D eigenvalue weighted by Crippen LogP contribution is 2.48. The lowest BCUT2D eigenvalue weighted by Gasteiger charge is -2.30. The lowest BCUT2D eigenvalue weighted by Crippen LogP contribution is -2.47. The van der Waals surface area contributed by atoms with Gasteiger partial charge in [-0.05, 0) is 37.9 Å². The van der Waals surface area contributed by atoms with Crippen molar-refractivity contribution in [3.8, 4) is 0 Å². The molecule has 1 amide bonds. The average molecular weight is 306 g/mol. The topological polar surface area (TPSA) is 41.6 Å². The molecule has 2 fully saturated rings. The third kappa shape index (κ3) is 3.47. The monoisotopic (exact) mass is 306 g/mol. The van der Waals surface area contributed by atoms with Crippen molar-refractivity contribution in [2.45, 2.75) is 25.4 Å². The molecule has 4 nitrogen and oxygen atoms in total. The summed E-state index contributed by atoms with van der Waals surface area (Å²) in [7, 11) is 2.05. The standard InChI is InChI=1S/C17H23FN2O2/c1-20-8-9-22-14(12-20)11-19-16(21)17(6-7-17)10-13-4-2-3-5-15(13)18/h2-5,14H,6-12H2,1H3,(H,19,21). The molecule has 120 valence electrons. The fourth-order valence-electron chi connectivity index (χ4n) is 3.03. The van der Waals surface area contributed by atoms with E-state index in [9.17, 15) is 9.18 Å². The highest BCUT2D eigenvalue weighted by atomic mass is 19.1. The molecule has 1 saturated carbocycles. The molecule has 0 spiro atoms. The van der Waals surface area contributed by atoms with Crippen LogP contribution in [0.4, 0.5) is 4.39 Å². The zero-order valence-corrected chi connectivity index (χ0v) is 13.0. The molecule has 1 heterocycles. The lowest BCUT2D eigenvalue weighted by atomic mass is 9.95. The van der Waals surface area contributed by atoms with Crippen molar-refractivity contribution >= 4 is 5.91 Å². The van der Waals surface area contributed by atoms with Crippen LogP contribution in [0.3, 0.4) is 0 Å². The third-order valence-corrected chi connectivity index (χ3v) is 4.65. The van der Waals surface area contributed by atoms with Crippen LogP contribution in [0.15, 0.2) is 24.3 Å². The van der Waals surface area contributed by atoms with Gasteiger partial charge in [0, 0.05) is 19.6 Å². The molecule has 1 atom stereocenters. The van der Waals surface area contributed by atoms with Gasteiger partial charge in [0.05, 0.1) is 18.1 Å². The molecule has 0 aromatic heterocycles. The van der Waals surface area contributed by atoms with Crippen molar-refractivity contribution in [3.63, 3.8) is 0 Å². The summed E-state index contributed by atoms with van der Waals surface area (Å²) in [6.45, 7) is 3.00. The first-order valence-electron chi connectivity index (χ1n) is 7.91. The predicted octanol–water partition coefficient (Wildman–Crippen LogP) is 1.60. The fraction of sp³-hybridized carbons (Fsp3) is 0.588. The Kier molecular flexibility index (Phi) is 4.45. The zero-order chi connectivity index (χ0) is 15.6. The van der Waals surface area contributed by atoms with E-state index in [0.29, 0.717) is 25.1 Å². The summed E-state index contributed by atoms with van der Waals surface area (Å²) in [6.07, 6.45) is 2.20. The number of halogens is 1. The summed E-state index contributed by atoms with van der Waals surface area (Å²) in [5.74, 6) is -0.189. The van der Waals surface area contributed by atoms with E-state index in [0.717, 1.165) is 25.9 Å². The van der Waals surface area contributed by atoms with Crippen molar-refractivity contribution < 1.29 is 13.9 Å². The molecule has 5 heteroatoms. The Labute approximate surface area is 130 Å². The van der Waals surface area contributed by atoms with Crippen LogP contribution < -0.4 is 5.32 Å². The minimum absolute atomic E-state index is 0.0348. The van der Waals surface area contributed by atoms with Crippen LogP contribution in [-0.4, -0.2) is 50.2 Å². The Hall–Kier alpha value is -1.46. The molecule has 22 heavy (non-hydrogen) atoms. The van der Waals surface area contributed by atoms with Gasteiger partial charge >= 0.3 is 0 Å². The first-order chi connectivity index (χ1) is 10.6. The number of rotatable bonds is 5. The molecule has 0 radical (unpaired) electrons. The van der Waals surface area contributed by atoms with E-state index in [1.54, 1.807) is 12.1 Å². The molecule has 1 aromatic rings. The third-order valence-electron chi connectivity index (χ3n) is 4.65. The Morgan fingerprint density at radius 2 is 2.23 bits per heavy atom. The maximum Gasteiger partial charge on any atom is 0.226 e. The number of carbonyl (C=O) groups is 1. The number of carbonyl (C=O) groups excluding carboxylic acids is 1. The predicted molar refractivity (Wildman–Crippen MR) is 82.0 cm³/mol. The van der Waals surface area contributed by atoms with E-state index < -0.39 is 5.41 Å². The van der Waals surface area contributed by atoms with Crippen LogP contribution in [0.2, 0.25) is 0 Å². The maximum absolute atomic E-state index is 13.8. The second-order valence-electron chi connectivity index (χ2n) is 6.51. The Balaban J connectivity index is 1.54. The highest BCUT2D eigenvalue weighted by Gasteiger charge is 2.49. The molecule has 0 bridgehead atoms. The number of nitrogens with one attached hydrogen (secondary N) is 1. The van der Waals surface area contributed by atoms with Gasteiger partial charge in [-0.2, -0.15) is 0 Å². The first-order valence-corrected chi connectivity index (χ1v) is 7.91. The fourth-order valence-corrected chi connectivity index (χ4v) is 3.03. The van der Waals surface area contributed by atoms with Crippen LogP contribution in [0.5, 0.6) is 0 Å². The average Bonchev–Trinajstić information content (AvgIpc) is 3.28. The van der Waals surface area contributed by atoms with E-state index in [2.05, 4.69) is 17.3 Å². The summed E-state index contributed by atoms with van der Waals surface area (Å²) >= 11 is 0. The number of hydrogen-bond acceptors (Lipinski definition) is 3. The van der Waals surface area contributed by atoms with Crippen LogP contribution in [0, 0.1) is 11.2 Å². The quantitative estimate of drug-likeness (QED) is 0.898. The van der Waals surface area contributed by atoms with Gasteiger partial charge in [-0.3, -0.25) is 4.79 Å². The van der Waals surface area contributed by atoms with Crippen molar-refractivity contribution in [2.75, 3.05) is 33.3 Å². The lowest BCUT2D eigenvalue weighted by molar-refractivity contribution is -0.127. The van der Waals surface area contributed by atoms with Crippen LogP contribution in [-0.2, 0) is 16.0 Å². The van der Waals surface area contributed by atoms with Crippen LogP contribution in [0.25, 0.3) is 0 Å². The minimum Gasteiger partial charge on any atom is -0.374 e. The van der Waals surface area contributed by atoms with Gasteiger partial charge in [0.1, 0.15) is 5.82 Å². The van der Waals surface area contributed by atoms with E-state index >= 15 is 0 Å². The number of benzene rings is 1. The maximum atomic E-state index is 13.8. The molecular formula is C17H23FN2O2. The minimum atomic E-state index is -0.414. The van der Waals surface area contributed by atoms with E-state index in [1.165, 1.54) is 6.07 Å². The van der Waals surface area contributed by atoms with Crippen molar-refractivity contribution in [1.29, 1.82) is 0 Å². The number of ether oxygens (including phenoxy) is 1. The van der Waals surface area contributed by atoms with Gasteiger partial charge < -0.3 is 15.0 Å². The first kappa shape index (κ1) is 15.4. The summed E-state index contributed by atoms with van der Waals surface area (Å²) in [4.78, 5) is 14.7. The summed E-state index contributed by atoms with van der Waals surface area (Å²) in [6, 6.07) is 6.71. The molecule has 1 aliphatic carbocycles. The summed E-state index contributed by atoms with van der Waals surface area (Å²) in [5, 5.41) is 3.00. The van der Waals surface area contributed by atoms with Gasteiger partial charge in [-0.15, -0.1) is 0 Å². The second-order valence-corrected chi connectivity index (χ2v) is 6.51. The second kappa shape index (κ2) is 6.34. The van der Waals surface area contributed by atoms with Crippen molar-refractivity contribution in [3.05, 3.63) is 35.6 Å². The molecule has 1 saturated heterocycles. The van der Waals surface area contributed by atoms with E-state index in [-0.39, 0.29) is 17.8 Å². The van der Waals surface area contributed by atoms with Crippen LogP contribution in [0.1, 0.15) is 18.4 Å². The molecular weight excluding hydrogens is 283 g/mol. The molecule has 2 aliphatic rings. The SMILES string of the molecule is CN1CCOC(CNC(=O)C2(Cc3ccccc3F)CC2)C1. The van der Waals surface area contributed by atoms with Crippen LogP contribution >= 0.6 is 0 Å². The molecule has 1 aliphatic heterocycles. The smallest absolute Gasteiger partial charge is 0.226 e. The normalized spacial score (nSPS) is 24.0. The molecule has 3 rings (SSSR count). The summed E-state index contributed by atoms with van der Waals surface area (Å²) < 4.78 is 19.4. The van der Waals surface area contributed by atoms with E-state index in [4.69, 9.17) is 4.74 Å². The number of morpholine rings is 1. The van der Waals surface area contributed by atoms with Gasteiger partial charge in [0.15, 0.2) is 0 Å². The Morgan fingerprint density at radius 1 is 1.45 bits per heavy atom. The Bertz CT molecular complexity index is 545. The number of nitrogens with zero attached hydrogens (tertiary/aromatic N) is 1. The largest absolute Gasteiger partial charge is 0.374 e. The van der Waals surface area contributed by atoms with Crippen molar-refractivity contribution in [1.82, 2.24) is 10.2 Å². The molecule has 1 N–H and O–H groups in total. The number of amides is 1. The Morgan fingerprint density at radius 3 is 2.91 bits per heavy atom. The number of hydrogen-bond donors (Lipinski definition) is 1.